The molecule has 0 atom stereocenters. The first kappa shape index (κ1) is 34.0. The van der Waals surface area contributed by atoms with Crippen LogP contribution in [0, 0.1) is 0 Å². The summed E-state index contributed by atoms with van der Waals surface area (Å²) < 4.78 is -1.06. The van der Waals surface area contributed by atoms with Crippen molar-refractivity contribution < 1.29 is 14.4 Å². The van der Waals surface area contributed by atoms with Gasteiger partial charge in [-0.3, -0.25) is 14.4 Å². The number of ketones is 3. The van der Waals surface area contributed by atoms with Gasteiger partial charge in [0.25, 0.3) is 0 Å². The number of hydrogen-bond acceptors (Lipinski definition) is 3. The summed E-state index contributed by atoms with van der Waals surface area (Å²) in [7, 11) is 0. The van der Waals surface area contributed by atoms with Crippen molar-refractivity contribution in [1.82, 2.24) is 0 Å². The van der Waals surface area contributed by atoms with Gasteiger partial charge in [-0.15, -0.1) is 0 Å². The van der Waals surface area contributed by atoms with Gasteiger partial charge in [0.15, 0.2) is 17.3 Å². The molecule has 0 aliphatic heterocycles. The van der Waals surface area contributed by atoms with Crippen molar-refractivity contribution in [1.29, 1.82) is 0 Å². The number of carbonyl (C=O) groups excluding carboxylic acids is 3. The molecular weight excluding hydrogens is 873 g/mol. The van der Waals surface area contributed by atoms with E-state index in [2.05, 4.69) is 99.8 Å². The molecule has 4 aromatic rings. The van der Waals surface area contributed by atoms with Crippen LogP contribution in [0.1, 0.15) is 79.0 Å². The Morgan fingerprint density at radius 1 is 0.465 bits per heavy atom. The molecule has 3 nitrogen and oxygen atoms in total. The molecule has 0 aliphatic carbocycles. The topological polar surface area (TPSA) is 51.2 Å². The predicted molar refractivity (Wildman–Crippen MR) is 205 cm³/mol. The van der Waals surface area contributed by atoms with Gasteiger partial charge in [-0.1, -0.05) is 154 Å². The number of carbonyl (C=O) groups is 3. The molecule has 222 valence electrons. The van der Waals surface area contributed by atoms with Crippen molar-refractivity contribution >= 4 is 85.1 Å². The third kappa shape index (κ3) is 8.84. The number of hydrogen-bond donors (Lipinski definition) is 0. The molecule has 0 bridgehead atoms. The maximum Gasteiger partial charge on any atom is 0.178 e. The normalized spacial score (nSPS) is 12.2. The molecular formula is C37H35I3O3. The zero-order valence-corrected chi connectivity index (χ0v) is 31.7. The summed E-state index contributed by atoms with van der Waals surface area (Å²) in [5.74, 6) is 0.326. The fourth-order valence-corrected chi connectivity index (χ4v) is 5.74. The second-order valence-electron chi connectivity index (χ2n) is 12.5. The predicted octanol–water partition coefficient (Wildman–Crippen LogP) is 11.3. The SMILES string of the molecule is CC(C)(I)CC(=O)c1ccc(-c2cc(-c3ccc(C(=O)C(C)(C)I)cc3)cc(-c3ccc(C(=O)C(C)(C)I)cc3)c2)cc1. The molecule has 0 fully saturated rings. The molecule has 0 heterocycles. The molecule has 0 radical (unpaired) electrons. The molecule has 0 amide bonds. The quantitative estimate of drug-likeness (QED) is 0.0905. The Bertz CT molecular complexity index is 1560. The monoisotopic (exact) mass is 908 g/mol. The summed E-state index contributed by atoms with van der Waals surface area (Å²) in [6.45, 7) is 11.8. The molecule has 4 rings (SSSR count). The van der Waals surface area contributed by atoms with E-state index in [-0.39, 0.29) is 20.8 Å². The summed E-state index contributed by atoms with van der Waals surface area (Å²) in [4.78, 5) is 38.5. The van der Waals surface area contributed by atoms with Crippen LogP contribution in [-0.2, 0) is 0 Å². The summed E-state index contributed by atoms with van der Waals surface area (Å²) in [5.41, 5.74) is 8.14. The van der Waals surface area contributed by atoms with Crippen LogP contribution < -0.4 is 0 Å². The van der Waals surface area contributed by atoms with E-state index in [0.717, 1.165) is 33.4 Å². The zero-order chi connectivity index (χ0) is 31.7. The lowest BCUT2D eigenvalue weighted by Crippen LogP contribution is -2.23. The summed E-state index contributed by atoms with van der Waals surface area (Å²) in [6, 6.07) is 29.8. The van der Waals surface area contributed by atoms with Crippen LogP contribution in [0.25, 0.3) is 33.4 Å². The van der Waals surface area contributed by atoms with Gasteiger partial charge in [0, 0.05) is 26.5 Å². The van der Waals surface area contributed by atoms with E-state index < -0.39 is 6.84 Å². The minimum absolute atomic E-state index is 0.0963. The number of rotatable bonds is 10. The van der Waals surface area contributed by atoms with E-state index in [9.17, 15) is 14.4 Å². The largest absolute Gasteiger partial charge is 0.294 e. The van der Waals surface area contributed by atoms with E-state index >= 15 is 0 Å². The molecule has 0 aliphatic rings. The molecule has 4 aromatic carbocycles. The lowest BCUT2D eigenvalue weighted by molar-refractivity contribution is 0.0958. The van der Waals surface area contributed by atoms with Gasteiger partial charge in [0.05, 0.1) is 6.84 Å². The number of halogens is 3. The van der Waals surface area contributed by atoms with Gasteiger partial charge in [-0.25, -0.2) is 0 Å². The van der Waals surface area contributed by atoms with Gasteiger partial charge in [0.1, 0.15) is 0 Å². The summed E-state index contributed by atoms with van der Waals surface area (Å²) >= 11 is 6.67. The van der Waals surface area contributed by atoms with Crippen molar-refractivity contribution in [2.45, 2.75) is 58.2 Å². The van der Waals surface area contributed by atoms with Crippen molar-refractivity contribution in [3.05, 3.63) is 108 Å². The second kappa shape index (κ2) is 13.2. The highest BCUT2D eigenvalue weighted by Crippen LogP contribution is 2.35. The van der Waals surface area contributed by atoms with Gasteiger partial charge >= 0.3 is 0 Å². The van der Waals surface area contributed by atoms with Gasteiger partial charge < -0.3 is 0 Å². The minimum Gasteiger partial charge on any atom is -0.294 e. The highest BCUT2D eigenvalue weighted by atomic mass is 127. The van der Waals surface area contributed by atoms with E-state index in [1.807, 2.05) is 100 Å². The van der Waals surface area contributed by atoms with Crippen LogP contribution in [0.5, 0.6) is 0 Å². The van der Waals surface area contributed by atoms with Gasteiger partial charge in [-0.2, -0.15) is 0 Å². The van der Waals surface area contributed by atoms with E-state index in [1.54, 1.807) is 0 Å². The van der Waals surface area contributed by atoms with Crippen LogP contribution >= 0.6 is 67.8 Å². The molecule has 43 heavy (non-hydrogen) atoms. The van der Waals surface area contributed by atoms with E-state index in [1.165, 1.54) is 0 Å². The fourth-order valence-electron chi connectivity index (χ4n) is 4.77. The first-order chi connectivity index (χ1) is 19.9. The van der Waals surface area contributed by atoms with Crippen LogP contribution in [0.15, 0.2) is 91.0 Å². The Labute approximate surface area is 296 Å². The Morgan fingerprint density at radius 3 is 1.00 bits per heavy atom. The first-order valence-corrected chi connectivity index (χ1v) is 17.3. The fraction of sp³-hybridized carbons (Fsp3) is 0.270. The average Bonchev–Trinajstić information content (AvgIpc) is 2.94. The van der Waals surface area contributed by atoms with Gasteiger partial charge in [-0.05, 0) is 79.3 Å². The maximum atomic E-state index is 12.8. The molecule has 0 saturated heterocycles. The van der Waals surface area contributed by atoms with Gasteiger partial charge in [0.2, 0.25) is 0 Å². The first-order valence-electron chi connectivity index (χ1n) is 14.1. The van der Waals surface area contributed by atoms with Crippen LogP contribution in [0.3, 0.4) is 0 Å². The third-order valence-electron chi connectivity index (χ3n) is 7.09. The van der Waals surface area contributed by atoms with Crippen molar-refractivity contribution in [2.75, 3.05) is 0 Å². The Morgan fingerprint density at radius 2 is 0.744 bits per heavy atom. The number of benzene rings is 4. The lowest BCUT2D eigenvalue weighted by Gasteiger charge is -2.16. The highest BCUT2D eigenvalue weighted by molar-refractivity contribution is 14.1. The second-order valence-corrected chi connectivity index (χ2v) is 20.8. The number of alkyl halides is 3. The van der Waals surface area contributed by atoms with Crippen LogP contribution in [0.2, 0.25) is 0 Å². The summed E-state index contributed by atoms with van der Waals surface area (Å²) in [6.07, 6.45) is 0.479. The highest BCUT2D eigenvalue weighted by Gasteiger charge is 2.26. The maximum absolute atomic E-state index is 12.8. The van der Waals surface area contributed by atoms with E-state index in [0.29, 0.717) is 23.1 Å². The standard InChI is InChI=1S/C37H35I3O3/c1-35(2,38)22-32(41)26-13-7-23(8-14-26)29-19-30(24-9-15-27(16-10-24)33(42)36(3,4)39)21-31(20-29)25-11-17-28(18-12-25)34(43)37(5,6)40/h7-21H,22H2,1-6H3. The van der Waals surface area contributed by atoms with Crippen LogP contribution in [-0.4, -0.2) is 27.6 Å². The van der Waals surface area contributed by atoms with E-state index in [4.69, 9.17) is 0 Å². The van der Waals surface area contributed by atoms with Crippen molar-refractivity contribution in [3.63, 3.8) is 0 Å². The molecule has 6 heteroatoms. The molecule has 0 N–H and O–H groups in total. The molecule has 0 aromatic heterocycles. The molecule has 0 saturated carbocycles. The molecule has 0 spiro atoms. The Balaban J connectivity index is 1.77. The van der Waals surface area contributed by atoms with Crippen LogP contribution in [0.4, 0.5) is 0 Å². The Hall–Kier alpha value is -1.92. The third-order valence-corrected chi connectivity index (χ3v) is 8.46. The molecule has 0 unspecified atom stereocenters. The smallest absolute Gasteiger partial charge is 0.178 e. The van der Waals surface area contributed by atoms with Crippen molar-refractivity contribution in [3.8, 4) is 33.4 Å². The minimum atomic E-state index is -0.480. The Kier molecular flexibility index (Phi) is 10.4. The lowest BCUT2D eigenvalue weighted by atomic mass is 9.91. The average molecular weight is 908 g/mol. The van der Waals surface area contributed by atoms with Crippen molar-refractivity contribution in [2.24, 2.45) is 0 Å². The number of Topliss-reactive ketones (excluding diaryl/α,β-unsaturated/α-hetero) is 3. The summed E-state index contributed by atoms with van der Waals surface area (Å²) in [5, 5.41) is 0. The zero-order valence-electron chi connectivity index (χ0n) is 25.2.